The summed E-state index contributed by atoms with van der Waals surface area (Å²) in [6, 6.07) is 7.58. The highest BCUT2D eigenvalue weighted by atomic mass is 16.3. The molecule has 0 radical (unpaired) electrons. The minimum absolute atomic E-state index is 0.0344. The van der Waals surface area contributed by atoms with E-state index < -0.39 is 0 Å². The number of aromatic nitrogens is 2. The van der Waals surface area contributed by atoms with Crippen LogP contribution >= 0.6 is 0 Å². The van der Waals surface area contributed by atoms with Crippen LogP contribution in [0, 0.1) is 0 Å². The summed E-state index contributed by atoms with van der Waals surface area (Å²) in [5, 5.41) is 4.50. The number of fused-ring (bicyclic) bond motifs is 3. The van der Waals surface area contributed by atoms with Crippen molar-refractivity contribution in [3.8, 4) is 0 Å². The molecule has 7 heteroatoms. The van der Waals surface area contributed by atoms with E-state index in [9.17, 15) is 9.59 Å². The first-order valence-corrected chi connectivity index (χ1v) is 11.6. The van der Waals surface area contributed by atoms with E-state index in [1.807, 2.05) is 29.2 Å². The van der Waals surface area contributed by atoms with Crippen LogP contribution in [0.3, 0.4) is 0 Å². The number of nitrogens with zero attached hydrogens (tertiary/aromatic N) is 3. The summed E-state index contributed by atoms with van der Waals surface area (Å²) in [6.07, 6.45) is 5.17. The molecule has 0 aliphatic carbocycles. The Kier molecular flexibility index (Phi) is 5.88. The zero-order valence-electron chi connectivity index (χ0n) is 19.8. The topological polar surface area (TPSA) is 80.4 Å². The minimum atomic E-state index is -0.319. The van der Waals surface area contributed by atoms with Crippen LogP contribution in [0.5, 0.6) is 0 Å². The molecule has 1 fully saturated rings. The van der Waals surface area contributed by atoms with E-state index in [2.05, 4.69) is 44.9 Å². The average Bonchev–Trinajstić information content (AvgIpc) is 3.07. The van der Waals surface area contributed by atoms with Crippen LogP contribution < -0.4 is 10.9 Å². The predicted molar refractivity (Wildman–Crippen MR) is 127 cm³/mol. The molecule has 3 heterocycles. The molecule has 3 aromatic rings. The lowest BCUT2D eigenvalue weighted by atomic mass is 9.79. The van der Waals surface area contributed by atoms with Gasteiger partial charge >= 0.3 is 0 Å². The summed E-state index contributed by atoms with van der Waals surface area (Å²) in [6.45, 7) is 11.5. The number of rotatable bonds is 6. The molecule has 0 atom stereocenters. The van der Waals surface area contributed by atoms with Gasteiger partial charge in [-0.1, -0.05) is 25.5 Å². The molecular weight excluding hydrogens is 404 g/mol. The van der Waals surface area contributed by atoms with Gasteiger partial charge in [0.15, 0.2) is 0 Å². The fraction of sp³-hybridized carbons (Fsp3) is 0.560. The largest absolute Gasteiger partial charge is 0.448 e. The van der Waals surface area contributed by atoms with Gasteiger partial charge in [0.2, 0.25) is 11.5 Å². The quantitative estimate of drug-likeness (QED) is 0.627. The second-order valence-electron chi connectivity index (χ2n) is 10.3. The Bertz CT molecular complexity index is 1170. The number of para-hydroxylation sites is 1. The first-order valence-electron chi connectivity index (χ1n) is 11.6. The maximum absolute atomic E-state index is 13.5. The maximum Gasteiger partial charge on any atom is 0.297 e. The molecule has 7 nitrogen and oxygen atoms in total. The lowest BCUT2D eigenvalue weighted by Crippen LogP contribution is -2.63. The number of carbonyl (C=O) groups is 1. The van der Waals surface area contributed by atoms with Gasteiger partial charge in [-0.15, -0.1) is 0 Å². The van der Waals surface area contributed by atoms with Gasteiger partial charge in [0.25, 0.3) is 5.56 Å². The Balaban J connectivity index is 1.63. The second-order valence-corrected chi connectivity index (χ2v) is 10.3. The van der Waals surface area contributed by atoms with Crippen molar-refractivity contribution in [1.29, 1.82) is 0 Å². The van der Waals surface area contributed by atoms with Crippen LogP contribution in [0.15, 0.2) is 39.8 Å². The van der Waals surface area contributed by atoms with Gasteiger partial charge in [0.1, 0.15) is 17.6 Å². The zero-order chi connectivity index (χ0) is 23.1. The molecule has 1 aliphatic heterocycles. The number of amides is 1. The van der Waals surface area contributed by atoms with Crippen molar-refractivity contribution in [3.63, 3.8) is 0 Å². The molecule has 1 aliphatic rings. The van der Waals surface area contributed by atoms with Gasteiger partial charge < -0.3 is 14.6 Å². The van der Waals surface area contributed by atoms with E-state index in [1.54, 1.807) is 0 Å². The number of furan rings is 1. The molecule has 0 saturated carbocycles. The van der Waals surface area contributed by atoms with Crippen LogP contribution in [0.2, 0.25) is 0 Å². The predicted octanol–water partition coefficient (Wildman–Crippen LogP) is 4.08. The highest BCUT2D eigenvalue weighted by molar-refractivity contribution is 6.01. The Morgan fingerprint density at radius 2 is 1.91 bits per heavy atom. The lowest BCUT2D eigenvalue weighted by Gasteiger charge is -2.49. The summed E-state index contributed by atoms with van der Waals surface area (Å²) in [4.78, 5) is 33.0. The molecule has 4 rings (SSSR count). The van der Waals surface area contributed by atoms with E-state index in [1.165, 1.54) is 10.9 Å². The standard InChI is InChI=1S/C25H34N4O3/c1-6-7-12-29(17-13-24(2,3)27-25(4,5)14-17)20(30)15-28-16-26-21-18-10-8-9-11-19(18)32-22(21)23(28)31/h8-11,16-17,27H,6-7,12-15H2,1-5H3. The highest BCUT2D eigenvalue weighted by Crippen LogP contribution is 2.32. The Hall–Kier alpha value is -2.67. The fourth-order valence-electron chi connectivity index (χ4n) is 5.29. The normalized spacial score (nSPS) is 18.3. The number of piperidine rings is 1. The van der Waals surface area contributed by atoms with Crippen molar-refractivity contribution in [2.24, 2.45) is 0 Å². The molecule has 2 aromatic heterocycles. The Morgan fingerprint density at radius 3 is 2.59 bits per heavy atom. The van der Waals surface area contributed by atoms with E-state index in [4.69, 9.17) is 4.42 Å². The summed E-state index contributed by atoms with van der Waals surface area (Å²) >= 11 is 0. The van der Waals surface area contributed by atoms with E-state index in [-0.39, 0.29) is 40.7 Å². The molecule has 0 bridgehead atoms. The molecule has 0 spiro atoms. The number of hydrogen-bond donors (Lipinski definition) is 1. The Labute approximate surface area is 188 Å². The molecule has 1 saturated heterocycles. The summed E-state index contributed by atoms with van der Waals surface area (Å²) in [5.41, 5.74) is 0.913. The number of hydrogen-bond acceptors (Lipinski definition) is 5. The molecule has 172 valence electrons. The van der Waals surface area contributed by atoms with Crippen molar-refractivity contribution in [2.45, 2.75) is 84.0 Å². The molecule has 1 aromatic carbocycles. The van der Waals surface area contributed by atoms with Gasteiger partial charge in [-0.25, -0.2) is 4.98 Å². The van der Waals surface area contributed by atoms with Gasteiger partial charge in [0, 0.05) is 29.1 Å². The number of benzene rings is 1. The molecule has 0 unspecified atom stereocenters. The zero-order valence-corrected chi connectivity index (χ0v) is 19.8. The first-order chi connectivity index (χ1) is 15.1. The lowest BCUT2D eigenvalue weighted by molar-refractivity contribution is -0.136. The summed E-state index contributed by atoms with van der Waals surface area (Å²) in [5.74, 6) is -0.0451. The summed E-state index contributed by atoms with van der Waals surface area (Å²) < 4.78 is 7.15. The van der Waals surface area contributed by atoms with Crippen molar-refractivity contribution in [3.05, 3.63) is 40.9 Å². The van der Waals surface area contributed by atoms with E-state index in [0.29, 0.717) is 17.6 Å². The molecule has 1 N–H and O–H groups in total. The van der Waals surface area contributed by atoms with Crippen molar-refractivity contribution < 1.29 is 9.21 Å². The number of carbonyl (C=O) groups excluding carboxylic acids is 1. The van der Waals surface area contributed by atoms with Crippen molar-refractivity contribution in [1.82, 2.24) is 19.8 Å². The van der Waals surface area contributed by atoms with Gasteiger partial charge in [-0.05, 0) is 59.1 Å². The van der Waals surface area contributed by atoms with Gasteiger partial charge in [0.05, 0.1) is 6.33 Å². The third-order valence-corrected chi connectivity index (χ3v) is 6.34. The minimum Gasteiger partial charge on any atom is -0.448 e. The highest BCUT2D eigenvalue weighted by Gasteiger charge is 2.41. The molecule has 1 amide bonds. The third-order valence-electron chi connectivity index (χ3n) is 6.34. The number of nitrogens with one attached hydrogen (secondary N) is 1. The van der Waals surface area contributed by atoms with Crippen molar-refractivity contribution in [2.75, 3.05) is 6.54 Å². The van der Waals surface area contributed by atoms with Crippen LogP contribution in [0.1, 0.15) is 60.3 Å². The fourth-order valence-corrected chi connectivity index (χ4v) is 5.29. The van der Waals surface area contributed by atoms with E-state index in [0.717, 1.165) is 31.1 Å². The van der Waals surface area contributed by atoms with E-state index >= 15 is 0 Å². The van der Waals surface area contributed by atoms with Crippen LogP contribution in [-0.2, 0) is 11.3 Å². The first kappa shape index (κ1) is 22.5. The molecular formula is C25H34N4O3. The molecule has 32 heavy (non-hydrogen) atoms. The Morgan fingerprint density at radius 1 is 1.22 bits per heavy atom. The monoisotopic (exact) mass is 438 g/mol. The average molecular weight is 439 g/mol. The SMILES string of the molecule is CCCCN(C(=O)Cn1cnc2c(oc3ccccc32)c1=O)C1CC(C)(C)NC(C)(C)C1. The third kappa shape index (κ3) is 4.44. The van der Waals surface area contributed by atoms with Crippen LogP contribution in [0.4, 0.5) is 0 Å². The van der Waals surface area contributed by atoms with Gasteiger partial charge in [-0.3, -0.25) is 14.2 Å². The van der Waals surface area contributed by atoms with Crippen molar-refractivity contribution >= 4 is 28.0 Å². The van der Waals surface area contributed by atoms with Gasteiger partial charge in [-0.2, -0.15) is 0 Å². The maximum atomic E-state index is 13.5. The smallest absolute Gasteiger partial charge is 0.297 e. The van der Waals surface area contributed by atoms with Crippen LogP contribution in [-0.4, -0.2) is 44.0 Å². The van der Waals surface area contributed by atoms with Crippen LogP contribution in [0.25, 0.3) is 22.1 Å². The summed E-state index contributed by atoms with van der Waals surface area (Å²) in [7, 11) is 0. The second kappa shape index (κ2) is 8.35. The number of unbranched alkanes of at least 4 members (excludes halogenated alkanes) is 1.